The Bertz CT molecular complexity index is 453. The van der Waals surface area contributed by atoms with Crippen LogP contribution in [0.25, 0.3) is 0 Å². The molecule has 0 aromatic carbocycles. The fraction of sp³-hybridized carbons (Fsp3) is 0.333. The van der Waals surface area contributed by atoms with E-state index in [0.717, 1.165) is 18.4 Å². The summed E-state index contributed by atoms with van der Waals surface area (Å²) in [4.78, 5) is 22.5. The van der Waals surface area contributed by atoms with Crippen LogP contribution in [0.1, 0.15) is 14.5 Å². The van der Waals surface area contributed by atoms with Gasteiger partial charge in [0, 0.05) is 4.88 Å². The first-order valence-corrected chi connectivity index (χ1v) is 5.14. The Labute approximate surface area is 98.4 Å². The van der Waals surface area contributed by atoms with Crippen LogP contribution >= 0.6 is 11.3 Å². The minimum absolute atomic E-state index is 0.0670. The molecule has 0 fully saturated rings. The molecule has 1 N–H and O–H groups in total. The van der Waals surface area contributed by atoms with E-state index in [-0.39, 0.29) is 10.6 Å². The Morgan fingerprint density at radius 3 is 2.47 bits per heavy atom. The fourth-order valence-electron chi connectivity index (χ4n) is 1.04. The van der Waals surface area contributed by atoms with E-state index >= 15 is 0 Å². The van der Waals surface area contributed by atoms with E-state index in [9.17, 15) is 22.8 Å². The number of methoxy groups -OCH3 is 1. The first-order chi connectivity index (χ1) is 7.75. The van der Waals surface area contributed by atoms with Gasteiger partial charge in [-0.1, -0.05) is 0 Å². The number of alkyl halides is 3. The smallest absolute Gasteiger partial charge is 0.465 e. The quantitative estimate of drug-likeness (QED) is 0.837. The second-order valence-corrected chi connectivity index (χ2v) is 4.30. The van der Waals surface area contributed by atoms with Gasteiger partial charge < -0.3 is 10.1 Å². The van der Waals surface area contributed by atoms with Gasteiger partial charge in [-0.3, -0.25) is 4.79 Å². The molecular weight excluding hydrogens is 259 g/mol. The minimum atomic E-state index is -5.00. The third kappa shape index (κ3) is 3.19. The zero-order valence-electron chi connectivity index (χ0n) is 8.84. The standard InChI is InChI=1S/C9H8F3NO3S/c1-4-3-5(6(17-4)7(14)16-2)13-8(15)9(10,11)12/h3H,1-2H3,(H,13,15). The molecular formula is C9H8F3NO3S. The normalized spacial score (nSPS) is 11.1. The molecule has 1 amide bonds. The summed E-state index contributed by atoms with van der Waals surface area (Å²) in [5.41, 5.74) is -0.193. The lowest BCUT2D eigenvalue weighted by atomic mass is 10.3. The van der Waals surface area contributed by atoms with E-state index in [1.165, 1.54) is 6.07 Å². The average Bonchev–Trinajstić information content (AvgIpc) is 2.57. The molecule has 0 aliphatic rings. The summed E-state index contributed by atoms with van der Waals surface area (Å²) in [5, 5.41) is 1.63. The number of carbonyl (C=O) groups is 2. The van der Waals surface area contributed by atoms with Crippen molar-refractivity contribution in [1.82, 2.24) is 0 Å². The number of aryl methyl sites for hydroxylation is 1. The summed E-state index contributed by atoms with van der Waals surface area (Å²) in [6, 6.07) is 1.28. The number of halogens is 3. The summed E-state index contributed by atoms with van der Waals surface area (Å²) >= 11 is 0.943. The maximum Gasteiger partial charge on any atom is 0.471 e. The lowest BCUT2D eigenvalue weighted by Crippen LogP contribution is -2.30. The number of esters is 1. The van der Waals surface area contributed by atoms with Crippen molar-refractivity contribution in [1.29, 1.82) is 0 Å². The fourth-order valence-corrected chi connectivity index (χ4v) is 1.93. The molecule has 8 heteroatoms. The van der Waals surface area contributed by atoms with Crippen LogP contribution in [-0.2, 0) is 9.53 Å². The van der Waals surface area contributed by atoms with E-state index in [1.807, 2.05) is 0 Å². The van der Waals surface area contributed by atoms with Gasteiger partial charge in [0.2, 0.25) is 0 Å². The summed E-state index contributed by atoms with van der Waals surface area (Å²) in [5.74, 6) is -2.92. The predicted molar refractivity (Wildman–Crippen MR) is 55.1 cm³/mol. The Morgan fingerprint density at radius 1 is 1.41 bits per heavy atom. The van der Waals surface area contributed by atoms with Crippen molar-refractivity contribution in [3.8, 4) is 0 Å². The van der Waals surface area contributed by atoms with Crippen LogP contribution in [0.3, 0.4) is 0 Å². The Hall–Kier alpha value is -1.57. The second-order valence-electron chi connectivity index (χ2n) is 3.04. The lowest BCUT2D eigenvalue weighted by molar-refractivity contribution is -0.167. The maximum atomic E-state index is 12.0. The molecule has 1 heterocycles. The highest BCUT2D eigenvalue weighted by atomic mass is 32.1. The monoisotopic (exact) mass is 267 g/mol. The van der Waals surface area contributed by atoms with Gasteiger partial charge in [-0.15, -0.1) is 11.3 Å². The van der Waals surface area contributed by atoms with Gasteiger partial charge in [0.15, 0.2) is 0 Å². The van der Waals surface area contributed by atoms with Crippen LogP contribution in [0.15, 0.2) is 6.07 Å². The van der Waals surface area contributed by atoms with Gasteiger partial charge in [0.1, 0.15) is 4.88 Å². The maximum absolute atomic E-state index is 12.0. The molecule has 0 unspecified atom stereocenters. The highest BCUT2D eigenvalue weighted by Crippen LogP contribution is 2.29. The molecule has 0 bridgehead atoms. The molecule has 0 radical (unpaired) electrons. The summed E-state index contributed by atoms with van der Waals surface area (Å²) in [6.45, 7) is 1.60. The molecule has 1 aromatic rings. The first kappa shape index (κ1) is 13.5. The number of ether oxygens (including phenoxy) is 1. The number of amides is 1. The molecule has 1 aromatic heterocycles. The zero-order valence-corrected chi connectivity index (χ0v) is 9.66. The van der Waals surface area contributed by atoms with Crippen LogP contribution < -0.4 is 5.32 Å². The molecule has 1 rings (SSSR count). The van der Waals surface area contributed by atoms with Gasteiger partial charge in [0.25, 0.3) is 0 Å². The number of carbonyl (C=O) groups excluding carboxylic acids is 2. The van der Waals surface area contributed by atoms with Gasteiger partial charge in [-0.05, 0) is 13.0 Å². The van der Waals surface area contributed by atoms with Crippen LogP contribution in [0, 0.1) is 6.92 Å². The van der Waals surface area contributed by atoms with Crippen LogP contribution in [0.5, 0.6) is 0 Å². The SMILES string of the molecule is COC(=O)c1sc(C)cc1NC(=O)C(F)(F)F. The Kier molecular flexibility index (Phi) is 3.76. The van der Waals surface area contributed by atoms with Gasteiger partial charge in [-0.2, -0.15) is 13.2 Å². The Balaban J connectivity index is 2.99. The number of hydrogen-bond acceptors (Lipinski definition) is 4. The predicted octanol–water partition coefficient (Wildman–Crippen LogP) is 2.34. The summed E-state index contributed by atoms with van der Waals surface area (Å²) in [7, 11) is 1.10. The molecule has 0 aliphatic heterocycles. The van der Waals surface area contributed by atoms with E-state index in [2.05, 4.69) is 4.74 Å². The van der Waals surface area contributed by atoms with Crippen molar-refractivity contribution in [2.45, 2.75) is 13.1 Å². The number of nitrogens with one attached hydrogen (secondary N) is 1. The van der Waals surface area contributed by atoms with Crippen molar-refractivity contribution in [2.24, 2.45) is 0 Å². The molecule has 94 valence electrons. The second kappa shape index (κ2) is 4.74. The highest BCUT2D eigenvalue weighted by molar-refractivity contribution is 7.14. The van der Waals surface area contributed by atoms with Crippen LogP contribution in [-0.4, -0.2) is 25.2 Å². The number of thiophene rings is 1. The molecule has 4 nitrogen and oxygen atoms in total. The van der Waals surface area contributed by atoms with Gasteiger partial charge >= 0.3 is 18.1 Å². The molecule has 17 heavy (non-hydrogen) atoms. The summed E-state index contributed by atoms with van der Waals surface area (Å²) in [6.07, 6.45) is -5.00. The Morgan fingerprint density at radius 2 is 2.00 bits per heavy atom. The van der Waals surface area contributed by atoms with Gasteiger partial charge in [0.05, 0.1) is 12.8 Å². The molecule has 0 saturated heterocycles. The van der Waals surface area contributed by atoms with E-state index < -0.39 is 18.1 Å². The van der Waals surface area contributed by atoms with Crippen molar-refractivity contribution in [2.75, 3.05) is 12.4 Å². The molecule has 0 atom stereocenters. The first-order valence-electron chi connectivity index (χ1n) is 4.32. The number of hydrogen-bond donors (Lipinski definition) is 1. The third-order valence-corrected chi connectivity index (χ3v) is 2.76. The van der Waals surface area contributed by atoms with Crippen LogP contribution in [0.4, 0.5) is 18.9 Å². The van der Waals surface area contributed by atoms with E-state index in [4.69, 9.17) is 0 Å². The van der Waals surface area contributed by atoms with Crippen molar-refractivity contribution >= 4 is 28.9 Å². The van der Waals surface area contributed by atoms with Crippen molar-refractivity contribution in [3.05, 3.63) is 15.8 Å². The summed E-state index contributed by atoms with van der Waals surface area (Å²) < 4.78 is 40.5. The average molecular weight is 267 g/mol. The number of anilines is 1. The lowest BCUT2D eigenvalue weighted by Gasteiger charge is -2.07. The van der Waals surface area contributed by atoms with Crippen LogP contribution in [0.2, 0.25) is 0 Å². The van der Waals surface area contributed by atoms with E-state index in [0.29, 0.717) is 4.88 Å². The van der Waals surface area contributed by atoms with E-state index in [1.54, 1.807) is 12.2 Å². The molecule has 0 aliphatic carbocycles. The van der Waals surface area contributed by atoms with Crippen molar-refractivity contribution < 1.29 is 27.5 Å². The molecule has 0 saturated carbocycles. The zero-order chi connectivity index (χ0) is 13.2. The topological polar surface area (TPSA) is 55.4 Å². The number of rotatable bonds is 2. The third-order valence-electron chi connectivity index (χ3n) is 1.73. The minimum Gasteiger partial charge on any atom is -0.465 e. The molecule has 0 spiro atoms. The van der Waals surface area contributed by atoms with Gasteiger partial charge in [-0.25, -0.2) is 4.79 Å². The largest absolute Gasteiger partial charge is 0.471 e. The highest BCUT2D eigenvalue weighted by Gasteiger charge is 2.39. The van der Waals surface area contributed by atoms with Crippen molar-refractivity contribution in [3.63, 3.8) is 0 Å².